The van der Waals surface area contributed by atoms with E-state index in [9.17, 15) is 0 Å². The summed E-state index contributed by atoms with van der Waals surface area (Å²) in [5.41, 5.74) is 0. The number of ether oxygens (including phenoxy) is 1. The maximum Gasteiger partial charge on any atom is 0.133 e. The van der Waals surface area contributed by atoms with Gasteiger partial charge in [0.2, 0.25) is 0 Å². The molecule has 1 heterocycles. The maximum absolute atomic E-state index is 5.37. The summed E-state index contributed by atoms with van der Waals surface area (Å²) in [4.78, 5) is 4.40. The fourth-order valence-corrected chi connectivity index (χ4v) is 2.49. The molecule has 100 valence electrons. The van der Waals surface area contributed by atoms with Crippen LogP contribution in [0.4, 0.5) is 5.82 Å². The molecule has 0 fully saturated rings. The highest BCUT2D eigenvalue weighted by Gasteiger charge is 2.05. The van der Waals surface area contributed by atoms with E-state index < -0.39 is 0 Å². The highest BCUT2D eigenvalue weighted by atomic mass is 32.2. The van der Waals surface area contributed by atoms with Crippen LogP contribution < -0.4 is 10.1 Å². The van der Waals surface area contributed by atoms with Crippen molar-refractivity contribution in [2.24, 2.45) is 0 Å². The quantitative estimate of drug-likeness (QED) is 0.618. The van der Waals surface area contributed by atoms with Gasteiger partial charge in [0, 0.05) is 35.0 Å². The van der Waals surface area contributed by atoms with Crippen molar-refractivity contribution >= 4 is 28.4 Å². The predicted molar refractivity (Wildman–Crippen MR) is 84.3 cm³/mol. The normalized spacial score (nSPS) is 10.4. The van der Waals surface area contributed by atoms with Gasteiger partial charge in [0.15, 0.2) is 0 Å². The van der Waals surface area contributed by atoms with E-state index in [1.807, 2.05) is 42.2 Å². The molecular weight excluding hydrogens is 256 g/mol. The van der Waals surface area contributed by atoms with Gasteiger partial charge in [-0.2, -0.15) is 11.8 Å². The summed E-state index contributed by atoms with van der Waals surface area (Å²) < 4.78 is 5.37. The summed E-state index contributed by atoms with van der Waals surface area (Å²) in [5, 5.41) is 5.55. The van der Waals surface area contributed by atoms with E-state index in [0.29, 0.717) is 0 Å². The third-order valence-electron chi connectivity index (χ3n) is 2.76. The number of hydrogen-bond donors (Lipinski definition) is 1. The van der Waals surface area contributed by atoms with E-state index in [1.165, 1.54) is 0 Å². The van der Waals surface area contributed by atoms with Crippen molar-refractivity contribution in [3.8, 4) is 5.75 Å². The topological polar surface area (TPSA) is 34.2 Å². The van der Waals surface area contributed by atoms with Crippen LogP contribution in [-0.4, -0.2) is 30.1 Å². The largest absolute Gasteiger partial charge is 0.496 e. The highest BCUT2D eigenvalue weighted by molar-refractivity contribution is 7.99. The fourth-order valence-electron chi connectivity index (χ4n) is 1.91. The summed E-state index contributed by atoms with van der Waals surface area (Å²) in [6.07, 6.45) is 3.73. The van der Waals surface area contributed by atoms with Crippen LogP contribution in [0.2, 0.25) is 0 Å². The zero-order chi connectivity index (χ0) is 13.5. The Bertz CT molecular complexity index is 557. The molecule has 0 aliphatic carbocycles. The maximum atomic E-state index is 5.37. The molecule has 1 aromatic carbocycles. The van der Waals surface area contributed by atoms with E-state index in [-0.39, 0.29) is 0 Å². The average Bonchev–Trinajstić information content (AvgIpc) is 2.46. The van der Waals surface area contributed by atoms with Gasteiger partial charge in [-0.3, -0.25) is 0 Å². The molecule has 4 heteroatoms. The smallest absolute Gasteiger partial charge is 0.133 e. The van der Waals surface area contributed by atoms with Gasteiger partial charge in [-0.25, -0.2) is 4.98 Å². The Morgan fingerprint density at radius 3 is 3.05 bits per heavy atom. The number of benzene rings is 1. The number of aromatic nitrogens is 1. The van der Waals surface area contributed by atoms with Crippen LogP contribution >= 0.6 is 11.8 Å². The second kappa shape index (κ2) is 7.04. The van der Waals surface area contributed by atoms with Gasteiger partial charge >= 0.3 is 0 Å². The fraction of sp³-hybridized carbons (Fsp3) is 0.267. The minimum absolute atomic E-state index is 0.879. The van der Waals surface area contributed by atoms with Crippen molar-refractivity contribution in [1.82, 2.24) is 4.98 Å². The molecule has 1 aromatic heterocycles. The number of methoxy groups -OCH3 is 1. The van der Waals surface area contributed by atoms with Gasteiger partial charge < -0.3 is 10.1 Å². The Labute approximate surface area is 118 Å². The van der Waals surface area contributed by atoms with E-state index in [0.717, 1.165) is 40.4 Å². The van der Waals surface area contributed by atoms with Crippen molar-refractivity contribution in [3.05, 3.63) is 43.1 Å². The molecule has 0 spiro atoms. The molecule has 0 radical (unpaired) electrons. The van der Waals surface area contributed by atoms with Crippen LogP contribution in [0.5, 0.6) is 5.75 Å². The number of anilines is 1. The van der Waals surface area contributed by atoms with Crippen LogP contribution in [0.15, 0.2) is 43.1 Å². The molecule has 0 aliphatic heterocycles. The number of fused-ring (bicyclic) bond motifs is 1. The number of nitrogens with zero attached hydrogens (tertiary/aromatic N) is 1. The average molecular weight is 274 g/mol. The van der Waals surface area contributed by atoms with Gasteiger partial charge in [-0.15, -0.1) is 6.58 Å². The molecule has 19 heavy (non-hydrogen) atoms. The molecule has 0 saturated heterocycles. The monoisotopic (exact) mass is 274 g/mol. The summed E-state index contributed by atoms with van der Waals surface area (Å²) in [6, 6.07) is 7.99. The van der Waals surface area contributed by atoms with Crippen molar-refractivity contribution in [2.45, 2.75) is 0 Å². The molecular formula is C15H18N2OS. The lowest BCUT2D eigenvalue weighted by atomic mass is 10.1. The lowest BCUT2D eigenvalue weighted by molar-refractivity contribution is 0.420. The number of rotatable bonds is 7. The summed E-state index contributed by atoms with van der Waals surface area (Å²) in [5.74, 6) is 3.81. The summed E-state index contributed by atoms with van der Waals surface area (Å²) in [6.45, 7) is 4.60. The Morgan fingerprint density at radius 1 is 1.37 bits per heavy atom. The third kappa shape index (κ3) is 3.41. The molecule has 0 bridgehead atoms. The zero-order valence-corrected chi connectivity index (χ0v) is 11.9. The predicted octanol–water partition coefficient (Wildman–Crippen LogP) is 3.57. The third-order valence-corrected chi connectivity index (χ3v) is 3.72. The van der Waals surface area contributed by atoms with Crippen molar-refractivity contribution in [3.63, 3.8) is 0 Å². The first-order chi connectivity index (χ1) is 9.36. The highest BCUT2D eigenvalue weighted by Crippen LogP contribution is 2.28. The lowest BCUT2D eigenvalue weighted by Gasteiger charge is -2.10. The minimum Gasteiger partial charge on any atom is -0.496 e. The second-order valence-electron chi connectivity index (χ2n) is 4.01. The molecule has 0 amide bonds. The Balaban J connectivity index is 2.12. The van der Waals surface area contributed by atoms with Gasteiger partial charge in [-0.05, 0) is 12.1 Å². The number of thioether (sulfide) groups is 1. The van der Waals surface area contributed by atoms with E-state index in [1.54, 1.807) is 7.11 Å². The van der Waals surface area contributed by atoms with E-state index >= 15 is 0 Å². The van der Waals surface area contributed by atoms with Crippen molar-refractivity contribution < 1.29 is 4.74 Å². The molecule has 0 aliphatic rings. The molecule has 3 nitrogen and oxygen atoms in total. The molecule has 0 atom stereocenters. The molecule has 0 saturated carbocycles. The minimum atomic E-state index is 0.879. The molecule has 2 aromatic rings. The second-order valence-corrected chi connectivity index (χ2v) is 5.16. The zero-order valence-electron chi connectivity index (χ0n) is 11.1. The first-order valence-corrected chi connectivity index (χ1v) is 7.36. The number of nitrogens with one attached hydrogen (secondary N) is 1. The lowest BCUT2D eigenvalue weighted by Crippen LogP contribution is -2.06. The van der Waals surface area contributed by atoms with Crippen LogP contribution in [-0.2, 0) is 0 Å². The SMILES string of the molecule is C=CCSCCNc1nccc2c(OC)cccc12. The molecule has 2 rings (SSSR count). The Kier molecular flexibility index (Phi) is 5.10. The number of hydrogen-bond acceptors (Lipinski definition) is 4. The van der Waals surface area contributed by atoms with Gasteiger partial charge in [0.25, 0.3) is 0 Å². The van der Waals surface area contributed by atoms with Crippen LogP contribution in [0, 0.1) is 0 Å². The standard InChI is InChI=1S/C15H18N2OS/c1-3-10-19-11-9-17-15-13-5-4-6-14(18-2)12(13)7-8-16-15/h3-8H,1,9-11H2,2H3,(H,16,17). The van der Waals surface area contributed by atoms with Crippen LogP contribution in [0.25, 0.3) is 10.8 Å². The van der Waals surface area contributed by atoms with Gasteiger partial charge in [0.05, 0.1) is 7.11 Å². The van der Waals surface area contributed by atoms with Crippen molar-refractivity contribution in [2.75, 3.05) is 30.5 Å². The van der Waals surface area contributed by atoms with Crippen LogP contribution in [0.3, 0.4) is 0 Å². The summed E-state index contributed by atoms with van der Waals surface area (Å²) in [7, 11) is 1.69. The van der Waals surface area contributed by atoms with Gasteiger partial charge in [-0.1, -0.05) is 18.2 Å². The summed E-state index contributed by atoms with van der Waals surface area (Å²) >= 11 is 1.85. The molecule has 0 unspecified atom stereocenters. The van der Waals surface area contributed by atoms with Gasteiger partial charge in [0.1, 0.15) is 11.6 Å². The van der Waals surface area contributed by atoms with Crippen molar-refractivity contribution in [1.29, 1.82) is 0 Å². The Morgan fingerprint density at radius 2 is 2.26 bits per heavy atom. The first kappa shape index (κ1) is 13.7. The number of pyridine rings is 1. The Hall–Kier alpha value is -1.68. The first-order valence-electron chi connectivity index (χ1n) is 6.21. The van der Waals surface area contributed by atoms with Crippen LogP contribution in [0.1, 0.15) is 0 Å². The van der Waals surface area contributed by atoms with E-state index in [4.69, 9.17) is 4.74 Å². The van der Waals surface area contributed by atoms with E-state index in [2.05, 4.69) is 22.9 Å². The molecule has 1 N–H and O–H groups in total.